The normalized spacial score (nSPS) is 11.0. The zero-order valence-corrected chi connectivity index (χ0v) is 12.1. The summed E-state index contributed by atoms with van der Waals surface area (Å²) in [6.07, 6.45) is 2.10. The number of benzene rings is 2. The number of fused-ring (bicyclic) bond motifs is 2. The minimum Gasteiger partial charge on any atom is -0.343 e. The third-order valence-electron chi connectivity index (χ3n) is 3.80. The molecule has 0 bridgehead atoms. The highest BCUT2D eigenvalue weighted by Crippen LogP contribution is 2.27. The van der Waals surface area contributed by atoms with Crippen molar-refractivity contribution in [3.8, 4) is 6.07 Å². The van der Waals surface area contributed by atoms with Gasteiger partial charge in [-0.1, -0.05) is 24.3 Å². The summed E-state index contributed by atoms with van der Waals surface area (Å²) < 4.78 is 3.53. The minimum atomic E-state index is 0.706. The van der Waals surface area contributed by atoms with Gasteiger partial charge in [0.25, 0.3) is 0 Å². The molecule has 0 fully saturated rings. The smallest absolute Gasteiger partial charge is 0.0992 e. The van der Waals surface area contributed by atoms with Crippen LogP contribution in [0.1, 0.15) is 11.1 Å². The Morgan fingerprint density at radius 2 is 2.00 bits per heavy atom. The van der Waals surface area contributed by atoms with Crippen LogP contribution in [0.25, 0.3) is 21.0 Å². The molecule has 0 aliphatic rings. The molecule has 2 nitrogen and oxygen atoms in total. The van der Waals surface area contributed by atoms with E-state index in [2.05, 4.69) is 52.5 Å². The molecule has 0 amide bonds. The van der Waals surface area contributed by atoms with Gasteiger partial charge in [0.2, 0.25) is 0 Å². The van der Waals surface area contributed by atoms with Crippen molar-refractivity contribution >= 4 is 32.3 Å². The van der Waals surface area contributed by atoms with Gasteiger partial charge in [0.15, 0.2) is 0 Å². The average molecular weight is 288 g/mol. The summed E-state index contributed by atoms with van der Waals surface area (Å²) >= 11 is 1.78. The van der Waals surface area contributed by atoms with Crippen molar-refractivity contribution in [2.45, 2.75) is 6.54 Å². The second-order valence-electron chi connectivity index (χ2n) is 5.09. The summed E-state index contributed by atoms with van der Waals surface area (Å²) in [5, 5.41) is 13.8. The van der Waals surface area contributed by atoms with Gasteiger partial charge >= 0.3 is 0 Å². The first kappa shape index (κ1) is 12.2. The molecule has 2 aromatic carbocycles. The van der Waals surface area contributed by atoms with E-state index in [1.165, 1.54) is 21.0 Å². The highest BCUT2D eigenvalue weighted by molar-refractivity contribution is 7.17. The Bertz CT molecular complexity index is 985. The van der Waals surface area contributed by atoms with E-state index >= 15 is 0 Å². The number of thiophene rings is 1. The molecule has 100 valence electrons. The van der Waals surface area contributed by atoms with Crippen LogP contribution in [0.3, 0.4) is 0 Å². The fourth-order valence-corrected chi connectivity index (χ4v) is 3.68. The third-order valence-corrected chi connectivity index (χ3v) is 4.82. The minimum absolute atomic E-state index is 0.706. The number of nitriles is 1. The maximum absolute atomic E-state index is 9.07. The van der Waals surface area contributed by atoms with Crippen LogP contribution in [0.4, 0.5) is 0 Å². The highest BCUT2D eigenvalue weighted by Gasteiger charge is 2.07. The summed E-state index contributed by atoms with van der Waals surface area (Å²) in [4.78, 5) is 0. The first-order valence-electron chi connectivity index (χ1n) is 6.79. The molecule has 2 aromatic heterocycles. The molecule has 4 rings (SSSR count). The maximum atomic E-state index is 9.07. The number of aromatic nitrogens is 1. The lowest BCUT2D eigenvalue weighted by molar-refractivity contribution is 0.845. The number of hydrogen-bond donors (Lipinski definition) is 0. The fraction of sp³-hybridized carbons (Fsp3) is 0.0556. The van der Waals surface area contributed by atoms with E-state index in [-0.39, 0.29) is 0 Å². The van der Waals surface area contributed by atoms with E-state index in [1.807, 2.05) is 18.2 Å². The van der Waals surface area contributed by atoms with Gasteiger partial charge in [-0.3, -0.25) is 0 Å². The van der Waals surface area contributed by atoms with Gasteiger partial charge < -0.3 is 4.57 Å². The number of nitrogens with zero attached hydrogens (tertiary/aromatic N) is 2. The summed E-state index contributed by atoms with van der Waals surface area (Å²) in [5.41, 5.74) is 3.15. The summed E-state index contributed by atoms with van der Waals surface area (Å²) in [5.74, 6) is 0. The van der Waals surface area contributed by atoms with Crippen molar-refractivity contribution in [2.24, 2.45) is 0 Å². The zero-order valence-electron chi connectivity index (χ0n) is 11.3. The van der Waals surface area contributed by atoms with Crippen LogP contribution >= 0.6 is 11.3 Å². The van der Waals surface area contributed by atoms with Crippen molar-refractivity contribution in [3.63, 3.8) is 0 Å². The van der Waals surface area contributed by atoms with Crippen molar-refractivity contribution in [3.05, 3.63) is 71.2 Å². The monoisotopic (exact) mass is 288 g/mol. The van der Waals surface area contributed by atoms with Crippen LogP contribution in [0.5, 0.6) is 0 Å². The third kappa shape index (κ3) is 2.01. The highest BCUT2D eigenvalue weighted by atomic mass is 32.1. The van der Waals surface area contributed by atoms with Gasteiger partial charge in [-0.25, -0.2) is 0 Å². The lowest BCUT2D eigenvalue weighted by Gasteiger charge is -2.05. The van der Waals surface area contributed by atoms with E-state index in [9.17, 15) is 0 Å². The molecule has 0 atom stereocenters. The molecule has 0 aliphatic heterocycles. The standard InChI is InChI=1S/C18H12N2S/c19-10-13-5-6-14-7-8-20(17(14)9-13)11-15-12-21-18-4-2-1-3-16(15)18/h1-9,12H,11H2. The van der Waals surface area contributed by atoms with Crippen molar-refractivity contribution in [2.75, 3.05) is 0 Å². The van der Waals surface area contributed by atoms with Crippen molar-refractivity contribution in [1.29, 1.82) is 5.26 Å². The summed E-state index contributed by atoms with van der Waals surface area (Å²) in [6.45, 7) is 0.836. The lowest BCUT2D eigenvalue weighted by Crippen LogP contribution is -1.97. The topological polar surface area (TPSA) is 28.7 Å². The van der Waals surface area contributed by atoms with Crippen LogP contribution < -0.4 is 0 Å². The van der Waals surface area contributed by atoms with Crippen LogP contribution in [-0.2, 0) is 6.54 Å². The molecule has 0 unspecified atom stereocenters. The van der Waals surface area contributed by atoms with Crippen molar-refractivity contribution in [1.82, 2.24) is 4.57 Å². The predicted molar refractivity (Wildman–Crippen MR) is 87.6 cm³/mol. The van der Waals surface area contributed by atoms with Gasteiger partial charge in [0.1, 0.15) is 0 Å². The van der Waals surface area contributed by atoms with E-state index < -0.39 is 0 Å². The number of rotatable bonds is 2. The molecule has 0 radical (unpaired) electrons. The van der Waals surface area contributed by atoms with E-state index in [0.29, 0.717) is 5.56 Å². The van der Waals surface area contributed by atoms with Crippen LogP contribution in [0, 0.1) is 11.3 Å². The molecule has 0 spiro atoms. The van der Waals surface area contributed by atoms with E-state index in [0.717, 1.165) is 12.1 Å². The second-order valence-corrected chi connectivity index (χ2v) is 6.00. The SMILES string of the molecule is N#Cc1ccc2ccn(Cc3csc4ccccc34)c2c1. The molecular weight excluding hydrogens is 276 g/mol. The van der Waals surface area contributed by atoms with Gasteiger partial charge in [-0.2, -0.15) is 5.26 Å². The zero-order chi connectivity index (χ0) is 14.2. The molecular formula is C18H12N2S. The van der Waals surface area contributed by atoms with Crippen LogP contribution in [-0.4, -0.2) is 4.57 Å². The van der Waals surface area contributed by atoms with Gasteiger partial charge in [-0.05, 0) is 46.0 Å². The number of hydrogen-bond acceptors (Lipinski definition) is 2. The quantitative estimate of drug-likeness (QED) is 0.522. The summed E-state index contributed by atoms with van der Waals surface area (Å²) in [7, 11) is 0. The first-order valence-corrected chi connectivity index (χ1v) is 7.67. The fourth-order valence-electron chi connectivity index (χ4n) is 2.73. The van der Waals surface area contributed by atoms with E-state index in [4.69, 9.17) is 5.26 Å². The Labute approximate surface area is 126 Å². The molecule has 2 heterocycles. The molecule has 0 N–H and O–H groups in total. The van der Waals surface area contributed by atoms with Crippen LogP contribution in [0.2, 0.25) is 0 Å². The predicted octanol–water partition coefficient (Wildman–Crippen LogP) is 4.78. The molecule has 21 heavy (non-hydrogen) atoms. The average Bonchev–Trinajstić information content (AvgIpc) is 3.12. The Morgan fingerprint density at radius 3 is 2.90 bits per heavy atom. The Hall–Kier alpha value is -2.57. The molecule has 4 aromatic rings. The molecule has 0 aliphatic carbocycles. The lowest BCUT2D eigenvalue weighted by atomic mass is 10.1. The van der Waals surface area contributed by atoms with Gasteiger partial charge in [0.05, 0.1) is 11.6 Å². The molecule has 0 saturated carbocycles. The summed E-state index contributed by atoms with van der Waals surface area (Å²) in [6, 6.07) is 18.6. The Kier molecular flexibility index (Phi) is 2.77. The largest absolute Gasteiger partial charge is 0.343 e. The Morgan fingerprint density at radius 1 is 1.10 bits per heavy atom. The second kappa shape index (κ2) is 4.76. The molecule has 3 heteroatoms. The van der Waals surface area contributed by atoms with Gasteiger partial charge in [-0.15, -0.1) is 11.3 Å². The maximum Gasteiger partial charge on any atom is 0.0992 e. The van der Waals surface area contributed by atoms with E-state index in [1.54, 1.807) is 11.3 Å². The van der Waals surface area contributed by atoms with Crippen molar-refractivity contribution < 1.29 is 0 Å². The van der Waals surface area contributed by atoms with Gasteiger partial charge in [0, 0.05) is 23.0 Å². The molecule has 0 saturated heterocycles. The first-order chi connectivity index (χ1) is 10.3. The Balaban J connectivity index is 1.82. The van der Waals surface area contributed by atoms with Crippen LogP contribution in [0.15, 0.2) is 60.1 Å².